The predicted octanol–water partition coefficient (Wildman–Crippen LogP) is 5.00. The summed E-state index contributed by atoms with van der Waals surface area (Å²) in [6.45, 7) is 2.00. The van der Waals surface area contributed by atoms with Gasteiger partial charge in [0, 0.05) is 30.3 Å². The Balaban J connectivity index is 1.49. The van der Waals surface area contributed by atoms with Gasteiger partial charge in [-0.05, 0) is 54.1 Å². The standard InChI is InChI=1S/C27H31N3O4S/c1-33-23-13-11-22(12-14-23)28-27(32)30(18-24-9-5-15-34-24)20-26(31)29(19-25-10-6-16-35-25)17-21-7-3-2-4-8-21/h2-4,6-8,10-14,16,24H,5,9,15,17-20H2,1H3,(H,28,32). The molecule has 3 amide bonds. The zero-order valence-corrected chi connectivity index (χ0v) is 20.7. The van der Waals surface area contributed by atoms with E-state index in [0.29, 0.717) is 37.7 Å². The van der Waals surface area contributed by atoms with Crippen LogP contribution < -0.4 is 10.1 Å². The fourth-order valence-corrected chi connectivity index (χ4v) is 4.74. The van der Waals surface area contributed by atoms with Crippen molar-refractivity contribution in [3.8, 4) is 5.75 Å². The van der Waals surface area contributed by atoms with Gasteiger partial charge in [0.25, 0.3) is 0 Å². The van der Waals surface area contributed by atoms with E-state index < -0.39 is 0 Å². The Labute approximate surface area is 210 Å². The SMILES string of the molecule is COc1ccc(NC(=O)N(CC(=O)N(Cc2ccccc2)Cc2cccs2)CC2CCCO2)cc1. The van der Waals surface area contributed by atoms with Crippen molar-refractivity contribution in [2.24, 2.45) is 0 Å². The number of nitrogens with one attached hydrogen (secondary N) is 1. The van der Waals surface area contributed by atoms with Gasteiger partial charge in [-0.2, -0.15) is 0 Å². The lowest BCUT2D eigenvalue weighted by Gasteiger charge is -2.29. The number of benzene rings is 2. The Morgan fingerprint density at radius 3 is 2.49 bits per heavy atom. The molecule has 3 aromatic rings. The van der Waals surface area contributed by atoms with Gasteiger partial charge in [0.1, 0.15) is 12.3 Å². The molecule has 0 aliphatic carbocycles. The van der Waals surface area contributed by atoms with Gasteiger partial charge in [0.05, 0.1) is 19.8 Å². The maximum absolute atomic E-state index is 13.5. The van der Waals surface area contributed by atoms with Gasteiger partial charge < -0.3 is 24.6 Å². The minimum atomic E-state index is -0.324. The van der Waals surface area contributed by atoms with Crippen molar-refractivity contribution in [2.45, 2.75) is 32.0 Å². The number of urea groups is 1. The number of amides is 3. The number of hydrogen-bond acceptors (Lipinski definition) is 5. The van der Waals surface area contributed by atoms with Crippen LogP contribution in [0.2, 0.25) is 0 Å². The highest BCUT2D eigenvalue weighted by Gasteiger charge is 2.27. The molecule has 8 heteroatoms. The monoisotopic (exact) mass is 493 g/mol. The lowest BCUT2D eigenvalue weighted by molar-refractivity contribution is -0.133. The second-order valence-electron chi connectivity index (χ2n) is 8.49. The van der Waals surface area contributed by atoms with Crippen molar-refractivity contribution in [1.29, 1.82) is 0 Å². The normalized spacial score (nSPS) is 14.9. The Morgan fingerprint density at radius 2 is 1.83 bits per heavy atom. The van der Waals surface area contributed by atoms with Gasteiger partial charge in [-0.1, -0.05) is 36.4 Å². The van der Waals surface area contributed by atoms with E-state index in [1.54, 1.807) is 47.6 Å². The first-order valence-corrected chi connectivity index (χ1v) is 12.6. The number of thiophene rings is 1. The van der Waals surface area contributed by atoms with Crippen molar-refractivity contribution in [2.75, 3.05) is 32.1 Å². The van der Waals surface area contributed by atoms with E-state index in [-0.39, 0.29) is 24.6 Å². The van der Waals surface area contributed by atoms with E-state index >= 15 is 0 Å². The van der Waals surface area contributed by atoms with Gasteiger partial charge in [-0.15, -0.1) is 11.3 Å². The maximum atomic E-state index is 13.5. The molecule has 1 saturated heterocycles. The summed E-state index contributed by atoms with van der Waals surface area (Å²) in [5, 5.41) is 4.92. The molecule has 2 heterocycles. The Hall–Kier alpha value is -3.36. The maximum Gasteiger partial charge on any atom is 0.322 e. The molecule has 2 aromatic carbocycles. The van der Waals surface area contributed by atoms with Crippen LogP contribution in [0.1, 0.15) is 23.3 Å². The van der Waals surface area contributed by atoms with Crippen LogP contribution in [0.3, 0.4) is 0 Å². The first kappa shape index (κ1) is 24.8. The number of carbonyl (C=O) groups is 2. The van der Waals surface area contributed by atoms with Crippen LogP contribution in [-0.4, -0.2) is 54.6 Å². The fraction of sp³-hybridized carbons (Fsp3) is 0.333. The summed E-state index contributed by atoms with van der Waals surface area (Å²) in [6.07, 6.45) is 1.78. The molecule has 35 heavy (non-hydrogen) atoms. The number of nitrogens with zero attached hydrogens (tertiary/aromatic N) is 2. The highest BCUT2D eigenvalue weighted by atomic mass is 32.1. The summed E-state index contributed by atoms with van der Waals surface area (Å²) in [6, 6.07) is 20.7. The van der Waals surface area contributed by atoms with Crippen molar-refractivity contribution in [3.63, 3.8) is 0 Å². The van der Waals surface area contributed by atoms with E-state index in [1.165, 1.54) is 0 Å². The number of methoxy groups -OCH3 is 1. The van der Waals surface area contributed by atoms with Gasteiger partial charge in [0.2, 0.25) is 5.91 Å². The predicted molar refractivity (Wildman–Crippen MR) is 138 cm³/mol. The van der Waals surface area contributed by atoms with Crippen LogP contribution >= 0.6 is 11.3 Å². The summed E-state index contributed by atoms with van der Waals surface area (Å²) in [5.41, 5.74) is 1.69. The molecule has 7 nitrogen and oxygen atoms in total. The molecule has 0 spiro atoms. The first-order valence-electron chi connectivity index (χ1n) is 11.8. The zero-order valence-electron chi connectivity index (χ0n) is 19.9. The third-order valence-corrected chi connectivity index (χ3v) is 6.76. The van der Waals surface area contributed by atoms with Crippen molar-refractivity contribution < 1.29 is 19.1 Å². The largest absolute Gasteiger partial charge is 0.497 e. The molecule has 1 aliphatic heterocycles. The second-order valence-corrected chi connectivity index (χ2v) is 9.52. The number of hydrogen-bond donors (Lipinski definition) is 1. The number of rotatable bonds is 10. The molecule has 1 N–H and O–H groups in total. The highest BCUT2D eigenvalue weighted by molar-refractivity contribution is 7.09. The van der Waals surface area contributed by atoms with Crippen LogP contribution in [0.25, 0.3) is 0 Å². The number of carbonyl (C=O) groups excluding carboxylic acids is 2. The first-order chi connectivity index (χ1) is 17.1. The van der Waals surface area contributed by atoms with Crippen LogP contribution in [0.5, 0.6) is 5.75 Å². The zero-order chi connectivity index (χ0) is 24.5. The molecule has 0 saturated carbocycles. The smallest absolute Gasteiger partial charge is 0.322 e. The van der Waals surface area contributed by atoms with E-state index in [1.807, 2.05) is 52.7 Å². The summed E-state index contributed by atoms with van der Waals surface area (Å²) in [4.78, 5) is 31.3. The molecular weight excluding hydrogens is 462 g/mol. The molecule has 0 bridgehead atoms. The minimum absolute atomic E-state index is 0.0277. The lowest BCUT2D eigenvalue weighted by atomic mass is 10.2. The molecule has 1 atom stereocenters. The van der Waals surface area contributed by atoms with Crippen molar-refractivity contribution in [3.05, 3.63) is 82.6 Å². The van der Waals surface area contributed by atoms with Crippen molar-refractivity contribution >= 4 is 29.0 Å². The van der Waals surface area contributed by atoms with Crippen molar-refractivity contribution in [1.82, 2.24) is 9.80 Å². The van der Waals surface area contributed by atoms with Crippen LogP contribution in [0.15, 0.2) is 72.1 Å². The fourth-order valence-electron chi connectivity index (χ4n) is 4.02. The van der Waals surface area contributed by atoms with Gasteiger partial charge in [0.15, 0.2) is 0 Å². The van der Waals surface area contributed by atoms with E-state index in [2.05, 4.69) is 5.32 Å². The molecule has 1 unspecified atom stereocenters. The Bertz CT molecular complexity index is 1070. The lowest BCUT2D eigenvalue weighted by Crippen LogP contribution is -2.46. The summed E-state index contributed by atoms with van der Waals surface area (Å²) in [5.74, 6) is 0.602. The minimum Gasteiger partial charge on any atom is -0.497 e. The molecule has 1 aromatic heterocycles. The molecule has 184 valence electrons. The highest BCUT2D eigenvalue weighted by Crippen LogP contribution is 2.19. The number of ether oxygens (including phenoxy) is 2. The topological polar surface area (TPSA) is 71.1 Å². The summed E-state index contributed by atoms with van der Waals surface area (Å²) >= 11 is 1.62. The van der Waals surface area contributed by atoms with E-state index in [4.69, 9.17) is 9.47 Å². The molecule has 1 fully saturated rings. The van der Waals surface area contributed by atoms with Gasteiger partial charge in [-0.25, -0.2) is 4.79 Å². The molecule has 0 radical (unpaired) electrons. The Morgan fingerprint density at radius 1 is 1.03 bits per heavy atom. The third-order valence-electron chi connectivity index (χ3n) is 5.90. The molecule has 4 rings (SSSR count). The van der Waals surface area contributed by atoms with Gasteiger partial charge >= 0.3 is 6.03 Å². The van der Waals surface area contributed by atoms with Crippen LogP contribution in [-0.2, 0) is 22.6 Å². The molecule has 1 aliphatic rings. The van der Waals surface area contributed by atoms with E-state index in [9.17, 15) is 9.59 Å². The second kappa shape index (κ2) is 12.4. The molecular formula is C27H31N3O4S. The van der Waals surface area contributed by atoms with Crippen LogP contribution in [0, 0.1) is 0 Å². The average molecular weight is 494 g/mol. The van der Waals surface area contributed by atoms with Gasteiger partial charge in [-0.3, -0.25) is 4.79 Å². The number of anilines is 1. The average Bonchev–Trinajstić information content (AvgIpc) is 3.59. The van der Waals surface area contributed by atoms with Crippen LogP contribution in [0.4, 0.5) is 10.5 Å². The van der Waals surface area contributed by atoms with E-state index in [0.717, 1.165) is 23.3 Å². The Kier molecular flexibility index (Phi) is 8.75. The summed E-state index contributed by atoms with van der Waals surface area (Å²) < 4.78 is 11.0. The quantitative estimate of drug-likeness (QED) is 0.432. The summed E-state index contributed by atoms with van der Waals surface area (Å²) in [7, 11) is 1.60. The third kappa shape index (κ3) is 7.31.